The number of carbonyl (C=O) groups excluding carboxylic acids is 2. The van der Waals surface area contributed by atoms with Crippen LogP contribution < -0.4 is 21.9 Å². The van der Waals surface area contributed by atoms with Gasteiger partial charge in [0.1, 0.15) is 12.3 Å². The summed E-state index contributed by atoms with van der Waals surface area (Å²) in [5.41, 5.74) is 0.100. The average molecular weight is 509 g/mol. The maximum atomic E-state index is 13.2. The summed E-state index contributed by atoms with van der Waals surface area (Å²) < 4.78 is 7.55. The largest absolute Gasteiger partial charge is 0.467 e. The lowest BCUT2D eigenvalue weighted by Crippen LogP contribution is -2.42. The molecule has 4 aromatic rings. The number of nitrogens with zero attached hydrogens (tertiary/aromatic N) is 2. The first-order valence-electron chi connectivity index (χ1n) is 11.5. The maximum absolute atomic E-state index is 13.2. The number of hydrogen-bond donors (Lipinski definition) is 2. The fourth-order valence-corrected chi connectivity index (χ4v) is 4.04. The first-order valence-corrected chi connectivity index (χ1v) is 11.8. The van der Waals surface area contributed by atoms with E-state index >= 15 is 0 Å². The first-order chi connectivity index (χ1) is 17.4. The summed E-state index contributed by atoms with van der Waals surface area (Å²) in [6, 6.07) is 17.3. The summed E-state index contributed by atoms with van der Waals surface area (Å²) in [6.45, 7) is 0.241. The summed E-state index contributed by atoms with van der Waals surface area (Å²) in [5.74, 6) is -0.0393. The quantitative estimate of drug-likeness (QED) is 0.342. The molecule has 186 valence electrons. The molecule has 0 saturated heterocycles. The Kier molecular flexibility index (Phi) is 8.02. The molecule has 2 amide bonds. The molecule has 0 atom stereocenters. The van der Waals surface area contributed by atoms with Gasteiger partial charge in [-0.3, -0.25) is 23.5 Å². The van der Waals surface area contributed by atoms with Gasteiger partial charge in [-0.05, 0) is 42.3 Å². The van der Waals surface area contributed by atoms with E-state index in [0.717, 1.165) is 10.1 Å². The molecule has 2 N–H and O–H groups in total. The van der Waals surface area contributed by atoms with E-state index in [4.69, 9.17) is 16.0 Å². The number of halogens is 1. The molecule has 9 nitrogen and oxygen atoms in total. The van der Waals surface area contributed by atoms with Gasteiger partial charge in [0.2, 0.25) is 11.8 Å². The summed E-state index contributed by atoms with van der Waals surface area (Å²) in [4.78, 5) is 51.1. The lowest BCUT2D eigenvalue weighted by Gasteiger charge is -2.14. The van der Waals surface area contributed by atoms with Crippen molar-refractivity contribution in [2.75, 3.05) is 0 Å². The van der Waals surface area contributed by atoms with Crippen molar-refractivity contribution in [3.63, 3.8) is 0 Å². The minimum atomic E-state index is -0.608. The van der Waals surface area contributed by atoms with Crippen molar-refractivity contribution in [1.82, 2.24) is 19.8 Å². The minimum absolute atomic E-state index is 0.0377. The van der Waals surface area contributed by atoms with Gasteiger partial charge in [0.05, 0.1) is 23.7 Å². The number of carbonyl (C=O) groups is 2. The highest BCUT2D eigenvalue weighted by Crippen LogP contribution is 2.14. The second kappa shape index (κ2) is 11.5. The molecule has 2 aromatic heterocycles. The van der Waals surface area contributed by atoms with Crippen molar-refractivity contribution in [3.8, 4) is 0 Å². The minimum Gasteiger partial charge on any atom is -0.467 e. The van der Waals surface area contributed by atoms with Crippen LogP contribution in [0.5, 0.6) is 0 Å². The van der Waals surface area contributed by atoms with Gasteiger partial charge in [-0.1, -0.05) is 41.9 Å². The molecule has 0 radical (unpaired) electrons. The molecule has 0 aliphatic rings. The molecule has 4 rings (SSSR count). The topological polar surface area (TPSA) is 115 Å². The zero-order valence-electron chi connectivity index (χ0n) is 19.4. The standard InChI is InChI=1S/C26H25ClN4O5/c27-21-10-3-1-7-18(21)15-28-23(32)12-5-13-30-25(34)20-9-2-4-11-22(20)31(26(30)35)17-24(33)29-16-19-8-6-14-36-19/h1-4,6-11,14H,5,12-13,15-17H2,(H,28,32)(H,29,33). The molecule has 0 spiro atoms. The Morgan fingerprint density at radius 2 is 1.61 bits per heavy atom. The highest BCUT2D eigenvalue weighted by molar-refractivity contribution is 6.31. The van der Waals surface area contributed by atoms with E-state index in [0.29, 0.717) is 21.7 Å². The predicted octanol–water partition coefficient (Wildman–Crippen LogP) is 2.82. The Morgan fingerprint density at radius 1 is 0.861 bits per heavy atom. The highest BCUT2D eigenvalue weighted by atomic mass is 35.5. The zero-order chi connectivity index (χ0) is 25.5. The van der Waals surface area contributed by atoms with E-state index in [9.17, 15) is 19.2 Å². The summed E-state index contributed by atoms with van der Waals surface area (Å²) >= 11 is 6.11. The Bertz CT molecular complexity index is 1490. The third-order valence-corrected chi connectivity index (χ3v) is 6.06. The monoisotopic (exact) mass is 508 g/mol. The second-order valence-electron chi connectivity index (χ2n) is 8.17. The van der Waals surface area contributed by atoms with E-state index in [1.54, 1.807) is 42.5 Å². The molecular formula is C26H25ClN4O5. The van der Waals surface area contributed by atoms with Gasteiger partial charge in [-0.2, -0.15) is 0 Å². The number of para-hydroxylation sites is 1. The zero-order valence-corrected chi connectivity index (χ0v) is 20.2. The van der Waals surface area contributed by atoms with Crippen LogP contribution in [-0.4, -0.2) is 20.9 Å². The molecule has 0 unspecified atom stereocenters. The van der Waals surface area contributed by atoms with Crippen molar-refractivity contribution in [2.45, 2.75) is 39.0 Å². The fraction of sp³-hybridized carbons (Fsp3) is 0.231. The van der Waals surface area contributed by atoms with E-state index in [1.165, 1.54) is 10.8 Å². The Balaban J connectivity index is 1.45. The molecule has 2 heterocycles. The van der Waals surface area contributed by atoms with Gasteiger partial charge in [0.25, 0.3) is 5.56 Å². The molecule has 36 heavy (non-hydrogen) atoms. The van der Waals surface area contributed by atoms with E-state index < -0.39 is 17.2 Å². The third-order valence-electron chi connectivity index (χ3n) is 5.69. The SMILES string of the molecule is O=C(CCCn1c(=O)c2ccccc2n(CC(=O)NCc2ccco2)c1=O)NCc1ccccc1Cl. The van der Waals surface area contributed by atoms with Crippen molar-refractivity contribution in [2.24, 2.45) is 0 Å². The first kappa shape index (κ1) is 25.0. The van der Waals surface area contributed by atoms with Gasteiger partial charge in [-0.25, -0.2) is 4.79 Å². The predicted molar refractivity (Wildman–Crippen MR) is 136 cm³/mol. The van der Waals surface area contributed by atoms with Crippen LogP contribution in [0.25, 0.3) is 10.9 Å². The van der Waals surface area contributed by atoms with Crippen LogP contribution in [0.15, 0.2) is 80.9 Å². The van der Waals surface area contributed by atoms with Gasteiger partial charge < -0.3 is 15.1 Å². The van der Waals surface area contributed by atoms with E-state index in [1.807, 2.05) is 18.2 Å². The number of aromatic nitrogens is 2. The van der Waals surface area contributed by atoms with E-state index in [2.05, 4.69) is 10.6 Å². The van der Waals surface area contributed by atoms with Gasteiger partial charge >= 0.3 is 5.69 Å². The Labute approximate surface area is 211 Å². The number of rotatable bonds is 10. The number of fused-ring (bicyclic) bond motifs is 1. The van der Waals surface area contributed by atoms with Gasteiger partial charge in [0.15, 0.2) is 0 Å². The van der Waals surface area contributed by atoms with Crippen LogP contribution in [0.1, 0.15) is 24.2 Å². The number of amides is 2. The third kappa shape index (κ3) is 5.92. The van der Waals surface area contributed by atoms with E-state index in [-0.39, 0.29) is 44.9 Å². The lowest BCUT2D eigenvalue weighted by molar-refractivity contribution is -0.122. The number of furan rings is 1. The molecule has 0 saturated carbocycles. The van der Waals surface area contributed by atoms with Crippen molar-refractivity contribution in [3.05, 3.63) is 104 Å². The van der Waals surface area contributed by atoms with Crippen LogP contribution in [0.3, 0.4) is 0 Å². The van der Waals surface area contributed by atoms with Gasteiger partial charge in [-0.15, -0.1) is 0 Å². The summed E-state index contributed by atoms with van der Waals surface area (Å²) in [7, 11) is 0. The maximum Gasteiger partial charge on any atom is 0.331 e. The highest BCUT2D eigenvalue weighted by Gasteiger charge is 2.16. The number of benzene rings is 2. The molecular weight excluding hydrogens is 484 g/mol. The molecule has 0 aliphatic heterocycles. The molecule has 2 aromatic carbocycles. The smallest absolute Gasteiger partial charge is 0.331 e. The van der Waals surface area contributed by atoms with Crippen LogP contribution in [-0.2, 0) is 35.8 Å². The van der Waals surface area contributed by atoms with Crippen molar-refractivity contribution >= 4 is 34.3 Å². The Morgan fingerprint density at radius 3 is 2.39 bits per heavy atom. The van der Waals surface area contributed by atoms with Gasteiger partial charge in [0, 0.05) is 24.5 Å². The fourth-order valence-electron chi connectivity index (χ4n) is 3.84. The van der Waals surface area contributed by atoms with Crippen molar-refractivity contribution in [1.29, 1.82) is 0 Å². The van der Waals surface area contributed by atoms with Crippen LogP contribution in [0, 0.1) is 0 Å². The normalized spacial score (nSPS) is 10.9. The molecule has 0 bridgehead atoms. The molecule has 0 aliphatic carbocycles. The van der Waals surface area contributed by atoms with Crippen molar-refractivity contribution < 1.29 is 14.0 Å². The van der Waals surface area contributed by atoms with Crippen LogP contribution in [0.2, 0.25) is 5.02 Å². The molecule has 0 fully saturated rings. The number of hydrogen-bond acceptors (Lipinski definition) is 5. The lowest BCUT2D eigenvalue weighted by atomic mass is 10.2. The second-order valence-corrected chi connectivity index (χ2v) is 8.58. The Hall–Kier alpha value is -4.11. The van der Waals surface area contributed by atoms with Crippen LogP contribution >= 0.6 is 11.6 Å². The molecule has 10 heteroatoms. The summed E-state index contributed by atoms with van der Waals surface area (Å²) in [6.07, 6.45) is 1.89. The number of nitrogens with one attached hydrogen (secondary N) is 2. The summed E-state index contributed by atoms with van der Waals surface area (Å²) in [5, 5.41) is 6.38. The average Bonchev–Trinajstić information content (AvgIpc) is 3.41. The van der Waals surface area contributed by atoms with Crippen LogP contribution in [0.4, 0.5) is 0 Å².